The lowest BCUT2D eigenvalue weighted by Gasteiger charge is -2.18. The molecule has 0 saturated carbocycles. The van der Waals surface area contributed by atoms with Gasteiger partial charge < -0.3 is 9.45 Å². The topological polar surface area (TPSA) is 72.4 Å². The van der Waals surface area contributed by atoms with Gasteiger partial charge in [-0.05, 0) is 24.2 Å². The monoisotopic (exact) mass is 304 g/mol. The number of anilines is 1. The van der Waals surface area contributed by atoms with Gasteiger partial charge in [0.15, 0.2) is 0 Å². The second-order valence-electron chi connectivity index (χ2n) is 4.34. The predicted octanol–water partition coefficient (Wildman–Crippen LogP) is 1.95. The van der Waals surface area contributed by atoms with E-state index in [2.05, 4.69) is 17.1 Å². The molecule has 0 aliphatic heterocycles. The number of nitrogens with zero attached hydrogens (tertiary/aromatic N) is 4. The molecule has 2 amide bonds. The Morgan fingerprint density at radius 1 is 1.32 bits per heavy atom. The van der Waals surface area contributed by atoms with Crippen LogP contribution in [-0.4, -0.2) is 52.6 Å². The van der Waals surface area contributed by atoms with Gasteiger partial charge in [0.2, 0.25) is 5.13 Å². The fraction of sp³-hybridized carbons (Fsp3) is 0.727. The zero-order valence-corrected chi connectivity index (χ0v) is 13.4. The first kappa shape index (κ1) is 16.2. The number of carbonyl (C=O) groups excluding carboxylic acids is 1. The molecule has 0 bridgehead atoms. The fourth-order valence-corrected chi connectivity index (χ4v) is 3.54. The van der Waals surface area contributed by atoms with E-state index >= 15 is 0 Å². The molecule has 1 aromatic rings. The molecule has 19 heavy (non-hydrogen) atoms. The Kier molecular flexibility index (Phi) is 6.53. The molecule has 0 spiro atoms. The van der Waals surface area contributed by atoms with Gasteiger partial charge in [-0.25, -0.2) is 4.79 Å². The molecule has 0 N–H and O–H groups in total. The maximum Gasteiger partial charge on any atom is 0.325 e. The summed E-state index contributed by atoms with van der Waals surface area (Å²) < 4.78 is 12.5. The van der Waals surface area contributed by atoms with Crippen LogP contribution in [0.4, 0.5) is 9.93 Å². The molecule has 0 radical (unpaired) electrons. The molecule has 0 fully saturated rings. The van der Waals surface area contributed by atoms with E-state index < -0.39 is 11.2 Å². The first-order chi connectivity index (χ1) is 8.97. The Hall–Kier alpha value is -0.860. The van der Waals surface area contributed by atoms with Crippen LogP contribution in [0.5, 0.6) is 0 Å². The average Bonchev–Trinajstić information content (AvgIpc) is 2.86. The molecule has 108 valence electrons. The van der Waals surface area contributed by atoms with Crippen molar-refractivity contribution in [1.82, 2.24) is 15.1 Å². The van der Waals surface area contributed by atoms with Gasteiger partial charge in [-0.3, -0.25) is 4.90 Å². The largest absolute Gasteiger partial charge is 0.610 e. The van der Waals surface area contributed by atoms with Crippen LogP contribution >= 0.6 is 11.3 Å². The number of hydrogen-bond donors (Lipinski definition) is 0. The number of rotatable bonds is 6. The Bertz CT molecular complexity index is 411. The average molecular weight is 304 g/mol. The Balaban J connectivity index is 2.63. The van der Waals surface area contributed by atoms with Crippen molar-refractivity contribution < 1.29 is 9.35 Å². The van der Waals surface area contributed by atoms with Crippen molar-refractivity contribution in [3.05, 3.63) is 0 Å². The van der Waals surface area contributed by atoms with Crippen LogP contribution in [0, 0.1) is 0 Å². The van der Waals surface area contributed by atoms with E-state index in [1.165, 1.54) is 21.1 Å². The van der Waals surface area contributed by atoms with Gasteiger partial charge in [0.05, 0.1) is 0 Å². The summed E-state index contributed by atoms with van der Waals surface area (Å²) in [7, 11) is 4.97. The first-order valence-electron chi connectivity index (χ1n) is 6.14. The Morgan fingerprint density at radius 2 is 2.00 bits per heavy atom. The van der Waals surface area contributed by atoms with Gasteiger partial charge in [0.25, 0.3) is 0 Å². The standard InChI is InChI=1S/C11H20N4O2S2/c1-5-6-7-8-19(17)10-13-12-9(18-10)15(4)11(16)14(2)3/h5-8H2,1-4H3. The molecule has 1 aromatic heterocycles. The summed E-state index contributed by atoms with van der Waals surface area (Å²) in [6, 6.07) is -0.181. The van der Waals surface area contributed by atoms with Crippen molar-refractivity contribution in [1.29, 1.82) is 0 Å². The van der Waals surface area contributed by atoms with Crippen molar-refractivity contribution in [2.45, 2.75) is 30.5 Å². The molecule has 1 heterocycles. The van der Waals surface area contributed by atoms with Gasteiger partial charge in [-0.1, -0.05) is 18.4 Å². The molecule has 6 nitrogen and oxygen atoms in total. The first-order valence-corrected chi connectivity index (χ1v) is 8.27. The third kappa shape index (κ3) is 4.63. The van der Waals surface area contributed by atoms with Crippen LogP contribution in [0.1, 0.15) is 26.2 Å². The smallest absolute Gasteiger partial charge is 0.325 e. The quantitative estimate of drug-likeness (QED) is 0.457. The number of carbonyl (C=O) groups is 1. The molecule has 1 unspecified atom stereocenters. The second-order valence-corrected chi connectivity index (χ2v) is 7.04. The predicted molar refractivity (Wildman–Crippen MR) is 78.2 cm³/mol. The fourth-order valence-electron chi connectivity index (χ4n) is 1.38. The summed E-state index contributed by atoms with van der Waals surface area (Å²) in [6.45, 7) is 2.10. The molecule has 0 aliphatic rings. The summed E-state index contributed by atoms with van der Waals surface area (Å²) >= 11 is 0.0977. The molecule has 8 heteroatoms. The van der Waals surface area contributed by atoms with E-state index in [9.17, 15) is 9.35 Å². The highest BCUT2D eigenvalue weighted by molar-refractivity contribution is 7.93. The molecule has 1 atom stereocenters. The Morgan fingerprint density at radius 3 is 2.58 bits per heavy atom. The number of amides is 2. The molecule has 0 aliphatic carbocycles. The zero-order chi connectivity index (χ0) is 14.4. The lowest BCUT2D eigenvalue weighted by atomic mass is 10.3. The summed E-state index contributed by atoms with van der Waals surface area (Å²) in [5, 5.41) is 8.31. The normalized spacial score (nSPS) is 12.3. The van der Waals surface area contributed by atoms with Crippen LogP contribution in [0.15, 0.2) is 4.34 Å². The zero-order valence-electron chi connectivity index (χ0n) is 11.8. The summed E-state index contributed by atoms with van der Waals surface area (Å²) in [5.41, 5.74) is 0. The second kappa shape index (κ2) is 7.66. The maximum absolute atomic E-state index is 12.0. The summed E-state index contributed by atoms with van der Waals surface area (Å²) in [6.07, 6.45) is 3.08. The number of urea groups is 1. The van der Waals surface area contributed by atoms with Crippen molar-refractivity contribution in [3.8, 4) is 0 Å². The minimum atomic E-state index is -1.11. The summed E-state index contributed by atoms with van der Waals surface area (Å²) in [5.74, 6) is 0.605. The van der Waals surface area contributed by atoms with Gasteiger partial charge in [-0.2, -0.15) is 0 Å². The highest BCUT2D eigenvalue weighted by atomic mass is 32.2. The van der Waals surface area contributed by atoms with E-state index in [1.807, 2.05) is 0 Å². The minimum absolute atomic E-state index is 0.181. The van der Waals surface area contributed by atoms with Gasteiger partial charge in [-0.15, -0.1) is 5.10 Å². The van der Waals surface area contributed by atoms with E-state index in [0.29, 0.717) is 15.2 Å². The van der Waals surface area contributed by atoms with Crippen molar-refractivity contribution in [3.63, 3.8) is 0 Å². The van der Waals surface area contributed by atoms with Gasteiger partial charge in [0.1, 0.15) is 5.75 Å². The number of unbranched alkanes of at least 4 members (excludes halogenated alkanes) is 2. The number of hydrogen-bond acceptors (Lipinski definition) is 5. The number of aromatic nitrogens is 2. The highest BCUT2D eigenvalue weighted by Crippen LogP contribution is 2.24. The van der Waals surface area contributed by atoms with E-state index in [0.717, 1.165) is 19.3 Å². The van der Waals surface area contributed by atoms with Crippen molar-refractivity contribution >= 4 is 33.7 Å². The van der Waals surface area contributed by atoms with Crippen LogP contribution in [0.2, 0.25) is 0 Å². The minimum Gasteiger partial charge on any atom is -0.610 e. The highest BCUT2D eigenvalue weighted by Gasteiger charge is 2.22. The van der Waals surface area contributed by atoms with E-state index in [-0.39, 0.29) is 6.03 Å². The van der Waals surface area contributed by atoms with Crippen molar-refractivity contribution in [2.24, 2.45) is 0 Å². The molecule has 0 aromatic carbocycles. The van der Waals surface area contributed by atoms with Crippen molar-refractivity contribution in [2.75, 3.05) is 31.8 Å². The third-order valence-corrected chi connectivity index (χ3v) is 5.21. The molecular weight excluding hydrogens is 284 g/mol. The maximum atomic E-state index is 12.0. The lowest BCUT2D eigenvalue weighted by Crippen LogP contribution is -2.36. The van der Waals surface area contributed by atoms with Crippen LogP contribution < -0.4 is 4.90 Å². The Labute approximate surface area is 121 Å². The molecule has 0 saturated heterocycles. The summed E-state index contributed by atoms with van der Waals surface area (Å²) in [4.78, 5) is 14.6. The molecule has 1 rings (SSSR count). The van der Waals surface area contributed by atoms with Gasteiger partial charge >= 0.3 is 10.4 Å². The lowest BCUT2D eigenvalue weighted by molar-refractivity contribution is 0.225. The third-order valence-electron chi connectivity index (χ3n) is 2.48. The van der Waals surface area contributed by atoms with Gasteiger partial charge in [0, 0.05) is 32.3 Å². The van der Waals surface area contributed by atoms with Crippen LogP contribution in [-0.2, 0) is 11.2 Å². The van der Waals surface area contributed by atoms with E-state index in [1.54, 1.807) is 21.1 Å². The van der Waals surface area contributed by atoms with Crippen LogP contribution in [0.3, 0.4) is 0 Å². The molecular formula is C11H20N4O2S2. The van der Waals surface area contributed by atoms with Crippen LogP contribution in [0.25, 0.3) is 0 Å². The SMILES string of the molecule is CCCCC[S+]([O-])c1nnc(N(C)C(=O)N(C)C)s1. The van der Waals surface area contributed by atoms with E-state index in [4.69, 9.17) is 0 Å².